The van der Waals surface area contributed by atoms with Crippen LogP contribution in [0.4, 0.5) is 11.4 Å². The Morgan fingerprint density at radius 1 is 1.14 bits per heavy atom. The maximum atomic E-state index is 12.1. The molecule has 2 aromatic heterocycles. The number of hydrogen-bond donors (Lipinski definition) is 3. The third-order valence-corrected chi connectivity index (χ3v) is 5.58. The Balaban J connectivity index is 1.34. The van der Waals surface area contributed by atoms with Gasteiger partial charge < -0.3 is 10.6 Å². The minimum atomic E-state index is -0.263. The number of anilines is 2. The highest BCUT2D eigenvalue weighted by molar-refractivity contribution is 7.18. The summed E-state index contributed by atoms with van der Waals surface area (Å²) in [6.45, 7) is 0.354. The fourth-order valence-electron chi connectivity index (χ4n) is 2.75. The molecule has 0 saturated carbocycles. The number of amides is 1. The van der Waals surface area contributed by atoms with E-state index in [9.17, 15) is 4.79 Å². The number of hydroxylamine groups is 1. The van der Waals surface area contributed by atoms with Crippen molar-refractivity contribution in [2.75, 3.05) is 11.9 Å². The molecule has 1 atom stereocenters. The maximum Gasteiger partial charge on any atom is 0.261 e. The minimum Gasteiger partial charge on any atom is -0.355 e. The van der Waals surface area contributed by atoms with E-state index < -0.39 is 0 Å². The van der Waals surface area contributed by atoms with E-state index in [0.29, 0.717) is 20.9 Å². The summed E-state index contributed by atoms with van der Waals surface area (Å²) >= 11 is 13.0. The van der Waals surface area contributed by atoms with Gasteiger partial charge in [-0.2, -0.15) is 0 Å². The molecule has 3 heterocycles. The Bertz CT molecular complexity index is 1050. The molecule has 0 aliphatic carbocycles. The zero-order chi connectivity index (χ0) is 20.2. The maximum absolute atomic E-state index is 12.1. The molecule has 0 fully saturated rings. The Kier molecular flexibility index (Phi) is 6.01. The van der Waals surface area contributed by atoms with Crippen LogP contribution in [-0.4, -0.2) is 23.5 Å². The minimum absolute atomic E-state index is 0.168. The van der Waals surface area contributed by atoms with Gasteiger partial charge in [-0.1, -0.05) is 35.3 Å². The van der Waals surface area contributed by atoms with E-state index >= 15 is 0 Å². The van der Waals surface area contributed by atoms with Crippen molar-refractivity contribution in [2.45, 2.75) is 6.10 Å². The number of nitrogens with one attached hydrogen (secondary N) is 3. The number of carbonyl (C=O) groups is 1. The first-order valence-corrected chi connectivity index (χ1v) is 10.3. The molecule has 9 heteroatoms. The van der Waals surface area contributed by atoms with Gasteiger partial charge in [0.2, 0.25) is 0 Å². The molecule has 4 rings (SSSR count). The SMILES string of the molecule is O=C(NCC1C=C(c2ccc(Nc3ccnc(Cl)c3)cc2)NO1)c1ccc(Cl)s1. The van der Waals surface area contributed by atoms with Gasteiger partial charge in [-0.3, -0.25) is 15.1 Å². The summed E-state index contributed by atoms with van der Waals surface area (Å²) in [5, 5.41) is 6.55. The number of aromatic nitrogens is 1. The highest BCUT2D eigenvalue weighted by Crippen LogP contribution is 2.24. The first-order valence-electron chi connectivity index (χ1n) is 8.73. The van der Waals surface area contributed by atoms with E-state index in [-0.39, 0.29) is 12.0 Å². The van der Waals surface area contributed by atoms with Crippen molar-refractivity contribution < 1.29 is 9.63 Å². The van der Waals surface area contributed by atoms with E-state index in [1.54, 1.807) is 24.4 Å². The lowest BCUT2D eigenvalue weighted by Crippen LogP contribution is -2.31. The van der Waals surface area contributed by atoms with Crippen LogP contribution in [0, 0.1) is 0 Å². The molecule has 29 heavy (non-hydrogen) atoms. The molecule has 0 radical (unpaired) electrons. The van der Waals surface area contributed by atoms with Crippen LogP contribution in [0.2, 0.25) is 9.49 Å². The van der Waals surface area contributed by atoms with Crippen molar-refractivity contribution in [1.29, 1.82) is 0 Å². The van der Waals surface area contributed by atoms with Gasteiger partial charge in [-0.05, 0) is 48.0 Å². The van der Waals surface area contributed by atoms with Gasteiger partial charge in [0.05, 0.1) is 21.5 Å². The quantitative estimate of drug-likeness (QED) is 0.471. The average Bonchev–Trinajstić information content (AvgIpc) is 3.36. The van der Waals surface area contributed by atoms with Crippen molar-refractivity contribution in [3.8, 4) is 0 Å². The van der Waals surface area contributed by atoms with E-state index in [4.69, 9.17) is 28.0 Å². The second-order valence-corrected chi connectivity index (χ2v) is 8.32. The number of nitrogens with zero attached hydrogens (tertiary/aromatic N) is 1. The zero-order valence-corrected chi connectivity index (χ0v) is 17.3. The summed E-state index contributed by atoms with van der Waals surface area (Å²) in [4.78, 5) is 22.2. The molecule has 0 spiro atoms. The number of benzene rings is 1. The third-order valence-electron chi connectivity index (χ3n) is 4.14. The van der Waals surface area contributed by atoms with Crippen molar-refractivity contribution in [1.82, 2.24) is 15.8 Å². The van der Waals surface area contributed by atoms with Crippen LogP contribution < -0.4 is 16.1 Å². The van der Waals surface area contributed by atoms with E-state index in [1.165, 1.54) is 11.3 Å². The molecule has 148 valence electrons. The van der Waals surface area contributed by atoms with Crippen molar-refractivity contribution in [3.63, 3.8) is 0 Å². The lowest BCUT2D eigenvalue weighted by molar-refractivity contribution is 0.0499. The van der Waals surface area contributed by atoms with E-state index in [1.807, 2.05) is 36.4 Å². The standard InChI is InChI=1S/C20H16Cl2N4O2S/c21-18-9-14(7-8-23-18)25-13-3-1-12(2-4-13)16-10-15(28-26-16)11-24-20(27)17-5-6-19(22)29-17/h1-10,15,26H,11H2,(H,23,25)(H,24,27). The monoisotopic (exact) mass is 446 g/mol. The number of hydrogen-bond acceptors (Lipinski definition) is 6. The molecule has 3 N–H and O–H groups in total. The van der Waals surface area contributed by atoms with Gasteiger partial charge in [0.1, 0.15) is 11.3 Å². The topological polar surface area (TPSA) is 75.3 Å². The number of thiophene rings is 1. The molecule has 3 aromatic rings. The predicted octanol–water partition coefficient (Wildman–Crippen LogP) is 4.87. The summed E-state index contributed by atoms with van der Waals surface area (Å²) in [5.41, 5.74) is 6.52. The number of pyridine rings is 1. The van der Waals surface area contributed by atoms with Gasteiger partial charge in [-0.25, -0.2) is 4.98 Å². The molecule has 1 unspecified atom stereocenters. The normalized spacial score (nSPS) is 15.5. The van der Waals surface area contributed by atoms with Crippen LogP contribution >= 0.6 is 34.5 Å². The molecular weight excluding hydrogens is 431 g/mol. The van der Waals surface area contributed by atoms with Gasteiger partial charge >= 0.3 is 0 Å². The molecule has 0 saturated heterocycles. The first-order chi connectivity index (χ1) is 14.1. The van der Waals surface area contributed by atoms with Crippen LogP contribution in [0.3, 0.4) is 0 Å². The fraction of sp³-hybridized carbons (Fsp3) is 0.100. The molecule has 1 aliphatic rings. The third kappa shape index (κ3) is 5.07. The molecule has 0 bridgehead atoms. The highest BCUT2D eigenvalue weighted by Gasteiger charge is 2.19. The van der Waals surface area contributed by atoms with E-state index in [0.717, 1.165) is 22.6 Å². The molecule has 6 nitrogen and oxygen atoms in total. The Morgan fingerprint density at radius 2 is 1.97 bits per heavy atom. The Labute approximate surface area is 181 Å². The zero-order valence-electron chi connectivity index (χ0n) is 15.0. The fourth-order valence-corrected chi connectivity index (χ4v) is 3.88. The van der Waals surface area contributed by atoms with Gasteiger partial charge in [0.15, 0.2) is 0 Å². The smallest absolute Gasteiger partial charge is 0.261 e. The van der Waals surface area contributed by atoms with Crippen LogP contribution in [0.1, 0.15) is 15.2 Å². The van der Waals surface area contributed by atoms with Crippen molar-refractivity contribution >= 4 is 57.5 Å². The average molecular weight is 447 g/mol. The largest absolute Gasteiger partial charge is 0.355 e. The lowest BCUT2D eigenvalue weighted by atomic mass is 10.1. The summed E-state index contributed by atoms with van der Waals surface area (Å²) in [6.07, 6.45) is 3.32. The Morgan fingerprint density at radius 3 is 2.69 bits per heavy atom. The number of halogens is 2. The van der Waals surface area contributed by atoms with Gasteiger partial charge in [0, 0.05) is 17.6 Å². The van der Waals surface area contributed by atoms with Gasteiger partial charge in [0.25, 0.3) is 5.91 Å². The van der Waals surface area contributed by atoms with Crippen LogP contribution in [0.25, 0.3) is 5.70 Å². The van der Waals surface area contributed by atoms with Crippen LogP contribution in [0.15, 0.2) is 60.8 Å². The van der Waals surface area contributed by atoms with Crippen molar-refractivity contribution in [3.05, 3.63) is 80.7 Å². The molecule has 1 aliphatic heterocycles. The summed E-state index contributed by atoms with van der Waals surface area (Å²) in [5.74, 6) is -0.168. The number of carbonyl (C=O) groups excluding carboxylic acids is 1. The first kappa shape index (κ1) is 19.7. The van der Waals surface area contributed by atoms with Crippen molar-refractivity contribution in [2.24, 2.45) is 0 Å². The Hall–Kier alpha value is -2.58. The summed E-state index contributed by atoms with van der Waals surface area (Å²) < 4.78 is 0.584. The lowest BCUT2D eigenvalue weighted by Gasteiger charge is -2.09. The summed E-state index contributed by atoms with van der Waals surface area (Å²) in [7, 11) is 0. The molecule has 1 amide bonds. The summed E-state index contributed by atoms with van der Waals surface area (Å²) in [6, 6.07) is 14.9. The van der Waals surface area contributed by atoms with E-state index in [2.05, 4.69) is 21.1 Å². The van der Waals surface area contributed by atoms with Crippen LogP contribution in [-0.2, 0) is 4.84 Å². The molecule has 1 aromatic carbocycles. The molecular formula is C20H16Cl2N4O2S. The van der Waals surface area contributed by atoms with Crippen LogP contribution in [0.5, 0.6) is 0 Å². The highest BCUT2D eigenvalue weighted by atomic mass is 35.5. The predicted molar refractivity (Wildman–Crippen MR) is 117 cm³/mol. The second-order valence-electron chi connectivity index (χ2n) is 6.22. The second kappa shape index (κ2) is 8.84. The van der Waals surface area contributed by atoms with Gasteiger partial charge in [-0.15, -0.1) is 11.3 Å². The number of rotatable bonds is 6.